The molecule has 1 atom stereocenters. The maximum atomic E-state index is 3.49. The van der Waals surface area contributed by atoms with Gasteiger partial charge in [0.25, 0.3) is 0 Å². The molecule has 0 amide bonds. The molecule has 2 nitrogen and oxygen atoms in total. The minimum atomic E-state index is 0.756. The van der Waals surface area contributed by atoms with Crippen molar-refractivity contribution in [3.05, 3.63) is 29.3 Å². The van der Waals surface area contributed by atoms with Crippen LogP contribution in [0.2, 0.25) is 0 Å². The largest absolute Gasteiger partial charge is 0.368 e. The Kier molecular flexibility index (Phi) is 6.56. The Hall–Kier alpha value is -1.02. The first-order valence-corrected chi connectivity index (χ1v) is 8.83. The summed E-state index contributed by atoms with van der Waals surface area (Å²) in [4.78, 5) is 2.67. The first-order chi connectivity index (χ1) is 10.3. The highest BCUT2D eigenvalue weighted by molar-refractivity contribution is 5.55. The number of nitrogens with one attached hydrogen (secondary N) is 1. The van der Waals surface area contributed by atoms with Crippen molar-refractivity contribution in [1.82, 2.24) is 5.32 Å². The molecule has 1 saturated heterocycles. The summed E-state index contributed by atoms with van der Waals surface area (Å²) < 4.78 is 0. The van der Waals surface area contributed by atoms with E-state index in [2.05, 4.69) is 49.2 Å². The van der Waals surface area contributed by atoms with Crippen LogP contribution in [0.3, 0.4) is 0 Å². The lowest BCUT2D eigenvalue weighted by atomic mass is 9.96. The molecule has 1 unspecified atom stereocenters. The Bertz CT molecular complexity index is 426. The minimum absolute atomic E-state index is 0.756. The first kappa shape index (κ1) is 16.4. The number of benzene rings is 1. The molecule has 2 rings (SSSR count). The molecule has 1 aromatic carbocycles. The molecule has 0 spiro atoms. The summed E-state index contributed by atoms with van der Waals surface area (Å²) in [6.45, 7) is 10.1. The monoisotopic (exact) mass is 288 g/mol. The van der Waals surface area contributed by atoms with Crippen molar-refractivity contribution in [2.75, 3.05) is 18.0 Å². The Morgan fingerprint density at radius 1 is 1.19 bits per heavy atom. The van der Waals surface area contributed by atoms with Gasteiger partial charge in [-0.1, -0.05) is 32.4 Å². The maximum absolute atomic E-state index is 3.49. The molecule has 0 bridgehead atoms. The molecule has 21 heavy (non-hydrogen) atoms. The van der Waals surface area contributed by atoms with Crippen molar-refractivity contribution in [3.63, 3.8) is 0 Å². The number of nitrogens with zero attached hydrogens (tertiary/aromatic N) is 1. The standard InChI is InChI=1S/C19H32N2/c1-4-8-18-9-6-7-13-21(18)19-11-10-17(14-16(19)3)15-20-12-5-2/h10-11,14,18,20H,4-9,12-13,15H2,1-3H3. The highest BCUT2D eigenvalue weighted by atomic mass is 15.2. The van der Waals surface area contributed by atoms with Gasteiger partial charge < -0.3 is 10.2 Å². The lowest BCUT2D eigenvalue weighted by Crippen LogP contribution is -2.39. The average Bonchev–Trinajstić information content (AvgIpc) is 2.49. The highest BCUT2D eigenvalue weighted by Gasteiger charge is 2.22. The second kappa shape index (κ2) is 8.43. The lowest BCUT2D eigenvalue weighted by Gasteiger charge is -2.38. The molecule has 0 saturated carbocycles. The number of hydrogen-bond acceptors (Lipinski definition) is 2. The summed E-state index contributed by atoms with van der Waals surface area (Å²) in [5, 5.41) is 3.49. The number of hydrogen-bond donors (Lipinski definition) is 1. The molecule has 1 aliphatic heterocycles. The lowest BCUT2D eigenvalue weighted by molar-refractivity contribution is 0.434. The predicted octanol–water partition coefficient (Wildman–Crippen LogP) is 4.65. The van der Waals surface area contributed by atoms with E-state index in [4.69, 9.17) is 0 Å². The highest BCUT2D eigenvalue weighted by Crippen LogP contribution is 2.30. The smallest absolute Gasteiger partial charge is 0.0398 e. The van der Waals surface area contributed by atoms with Gasteiger partial charge in [-0.3, -0.25) is 0 Å². The van der Waals surface area contributed by atoms with Gasteiger partial charge >= 0.3 is 0 Å². The van der Waals surface area contributed by atoms with E-state index in [1.54, 1.807) is 0 Å². The second-order valence-corrected chi connectivity index (χ2v) is 6.43. The van der Waals surface area contributed by atoms with Gasteiger partial charge in [0, 0.05) is 24.8 Å². The fraction of sp³-hybridized carbons (Fsp3) is 0.684. The van der Waals surface area contributed by atoms with Crippen LogP contribution in [0.25, 0.3) is 0 Å². The van der Waals surface area contributed by atoms with Crippen LogP contribution in [0, 0.1) is 6.92 Å². The van der Waals surface area contributed by atoms with Gasteiger partial charge in [-0.15, -0.1) is 0 Å². The number of aryl methyl sites for hydroxylation is 1. The number of piperidine rings is 1. The fourth-order valence-electron chi connectivity index (χ4n) is 3.51. The van der Waals surface area contributed by atoms with Crippen molar-refractivity contribution < 1.29 is 0 Å². The molecule has 2 heteroatoms. The van der Waals surface area contributed by atoms with E-state index in [-0.39, 0.29) is 0 Å². The van der Waals surface area contributed by atoms with Gasteiger partial charge in [0.15, 0.2) is 0 Å². The van der Waals surface area contributed by atoms with Crippen molar-refractivity contribution in [3.8, 4) is 0 Å². The third kappa shape index (κ3) is 4.47. The van der Waals surface area contributed by atoms with Crippen molar-refractivity contribution in [2.24, 2.45) is 0 Å². The van der Waals surface area contributed by atoms with E-state index >= 15 is 0 Å². The van der Waals surface area contributed by atoms with Gasteiger partial charge in [-0.05, 0) is 62.8 Å². The van der Waals surface area contributed by atoms with Crippen LogP contribution in [0.15, 0.2) is 18.2 Å². The van der Waals surface area contributed by atoms with Crippen LogP contribution >= 0.6 is 0 Å². The summed E-state index contributed by atoms with van der Waals surface area (Å²) in [7, 11) is 0. The zero-order valence-corrected chi connectivity index (χ0v) is 14.1. The summed E-state index contributed by atoms with van der Waals surface area (Å²) in [5.41, 5.74) is 4.31. The molecule has 1 heterocycles. The van der Waals surface area contributed by atoms with Crippen LogP contribution < -0.4 is 10.2 Å². The van der Waals surface area contributed by atoms with E-state index in [0.717, 1.165) is 19.1 Å². The van der Waals surface area contributed by atoms with Gasteiger partial charge in [0.2, 0.25) is 0 Å². The molecule has 1 aliphatic rings. The van der Waals surface area contributed by atoms with E-state index in [1.165, 1.54) is 61.9 Å². The van der Waals surface area contributed by atoms with Crippen molar-refractivity contribution in [1.29, 1.82) is 0 Å². The molecule has 0 radical (unpaired) electrons. The topological polar surface area (TPSA) is 15.3 Å². The van der Waals surface area contributed by atoms with E-state index in [9.17, 15) is 0 Å². The normalized spacial score (nSPS) is 19.0. The van der Waals surface area contributed by atoms with Crippen molar-refractivity contribution in [2.45, 2.75) is 71.9 Å². The summed E-state index contributed by atoms with van der Waals surface area (Å²) in [6.07, 6.45) is 7.94. The molecule has 1 fully saturated rings. The van der Waals surface area contributed by atoms with Gasteiger partial charge in [-0.2, -0.15) is 0 Å². The van der Waals surface area contributed by atoms with Crippen molar-refractivity contribution >= 4 is 5.69 Å². The Labute approximate surface area is 130 Å². The quantitative estimate of drug-likeness (QED) is 0.734. The Balaban J connectivity index is 2.07. The fourth-order valence-corrected chi connectivity index (χ4v) is 3.51. The third-order valence-electron chi connectivity index (χ3n) is 4.58. The van der Waals surface area contributed by atoms with Crippen LogP contribution in [0.4, 0.5) is 5.69 Å². The Morgan fingerprint density at radius 3 is 2.76 bits per heavy atom. The number of rotatable bonds is 7. The van der Waals surface area contributed by atoms with E-state index < -0.39 is 0 Å². The van der Waals surface area contributed by atoms with Gasteiger partial charge in [-0.25, -0.2) is 0 Å². The molecule has 1 aromatic rings. The summed E-state index contributed by atoms with van der Waals surface area (Å²) >= 11 is 0. The maximum Gasteiger partial charge on any atom is 0.0398 e. The molecule has 1 N–H and O–H groups in total. The van der Waals surface area contributed by atoms with Crippen LogP contribution in [0.5, 0.6) is 0 Å². The molecule has 118 valence electrons. The summed E-state index contributed by atoms with van der Waals surface area (Å²) in [6, 6.07) is 7.79. The van der Waals surface area contributed by atoms with Crippen LogP contribution in [0.1, 0.15) is 63.5 Å². The third-order valence-corrected chi connectivity index (χ3v) is 4.58. The van der Waals surface area contributed by atoms with Gasteiger partial charge in [0.1, 0.15) is 0 Å². The second-order valence-electron chi connectivity index (χ2n) is 6.43. The summed E-state index contributed by atoms with van der Waals surface area (Å²) in [5.74, 6) is 0. The molecular formula is C19H32N2. The van der Waals surface area contributed by atoms with Crippen LogP contribution in [-0.4, -0.2) is 19.1 Å². The zero-order chi connectivity index (χ0) is 15.1. The molecular weight excluding hydrogens is 256 g/mol. The van der Waals surface area contributed by atoms with E-state index in [1.807, 2.05) is 0 Å². The Morgan fingerprint density at radius 2 is 2.05 bits per heavy atom. The zero-order valence-electron chi connectivity index (χ0n) is 14.1. The van der Waals surface area contributed by atoms with Gasteiger partial charge in [0.05, 0.1) is 0 Å². The first-order valence-electron chi connectivity index (χ1n) is 8.83. The van der Waals surface area contributed by atoms with Crippen LogP contribution in [-0.2, 0) is 6.54 Å². The molecule has 0 aliphatic carbocycles. The van der Waals surface area contributed by atoms with E-state index in [0.29, 0.717) is 0 Å². The predicted molar refractivity (Wildman–Crippen MR) is 93.1 cm³/mol. The minimum Gasteiger partial charge on any atom is -0.368 e. The molecule has 0 aromatic heterocycles. The number of anilines is 1. The average molecular weight is 288 g/mol. The SMILES string of the molecule is CCCNCc1ccc(N2CCCCC2CCC)c(C)c1.